The van der Waals surface area contributed by atoms with Crippen LogP contribution in [0.3, 0.4) is 0 Å². The largest absolute Gasteiger partial charge is 0.398 e. The number of para-hydroxylation sites is 1. The van der Waals surface area contributed by atoms with Crippen molar-refractivity contribution < 1.29 is 4.52 Å². The molecule has 0 fully saturated rings. The SMILES string of the molecule is Nc1ccccc1-c1onc2cc(Br)ccc12. The summed E-state index contributed by atoms with van der Waals surface area (Å²) in [6.07, 6.45) is 0. The predicted octanol–water partition coefficient (Wildman–Crippen LogP) is 3.84. The maximum Gasteiger partial charge on any atom is 0.176 e. The zero-order valence-electron chi connectivity index (χ0n) is 8.85. The fraction of sp³-hybridized carbons (Fsp3) is 0. The summed E-state index contributed by atoms with van der Waals surface area (Å²) >= 11 is 3.41. The highest BCUT2D eigenvalue weighted by Crippen LogP contribution is 2.33. The second-order valence-electron chi connectivity index (χ2n) is 3.76. The molecule has 2 N–H and O–H groups in total. The first-order valence-corrected chi connectivity index (χ1v) is 5.95. The number of rotatable bonds is 1. The van der Waals surface area contributed by atoms with Gasteiger partial charge in [-0.25, -0.2) is 0 Å². The molecular weight excluding hydrogens is 280 g/mol. The van der Waals surface area contributed by atoms with Crippen LogP contribution in [0.5, 0.6) is 0 Å². The van der Waals surface area contributed by atoms with Gasteiger partial charge in [0.05, 0.1) is 0 Å². The average Bonchev–Trinajstić information content (AvgIpc) is 2.72. The van der Waals surface area contributed by atoms with Crippen LogP contribution < -0.4 is 5.73 Å². The van der Waals surface area contributed by atoms with E-state index in [1.54, 1.807) is 0 Å². The Kier molecular flexibility index (Phi) is 2.37. The van der Waals surface area contributed by atoms with E-state index in [4.69, 9.17) is 10.3 Å². The Bertz CT molecular complexity index is 691. The molecule has 3 rings (SSSR count). The summed E-state index contributed by atoms with van der Waals surface area (Å²) in [6, 6.07) is 13.5. The average molecular weight is 289 g/mol. The number of nitrogen functional groups attached to an aromatic ring is 1. The van der Waals surface area contributed by atoms with Gasteiger partial charge < -0.3 is 10.3 Å². The number of benzene rings is 2. The quantitative estimate of drug-likeness (QED) is 0.692. The van der Waals surface area contributed by atoms with E-state index >= 15 is 0 Å². The van der Waals surface area contributed by atoms with Gasteiger partial charge >= 0.3 is 0 Å². The van der Waals surface area contributed by atoms with E-state index in [2.05, 4.69) is 21.1 Å². The number of fused-ring (bicyclic) bond motifs is 1. The van der Waals surface area contributed by atoms with Crippen LogP contribution in [0.2, 0.25) is 0 Å². The molecule has 0 unspecified atom stereocenters. The van der Waals surface area contributed by atoms with Crippen molar-refractivity contribution in [2.75, 3.05) is 5.73 Å². The second kappa shape index (κ2) is 3.89. The van der Waals surface area contributed by atoms with Crippen LogP contribution in [0.15, 0.2) is 51.5 Å². The van der Waals surface area contributed by atoms with Crippen LogP contribution in [0, 0.1) is 0 Å². The van der Waals surface area contributed by atoms with Crippen LogP contribution in [0.1, 0.15) is 0 Å². The lowest BCUT2D eigenvalue weighted by atomic mass is 10.1. The number of aromatic nitrogens is 1. The van der Waals surface area contributed by atoms with Crippen molar-refractivity contribution in [1.82, 2.24) is 5.16 Å². The first-order valence-electron chi connectivity index (χ1n) is 5.15. The Balaban J connectivity index is 2.29. The fourth-order valence-electron chi connectivity index (χ4n) is 1.81. The Morgan fingerprint density at radius 2 is 1.94 bits per heavy atom. The minimum Gasteiger partial charge on any atom is -0.398 e. The molecule has 0 spiro atoms. The summed E-state index contributed by atoms with van der Waals surface area (Å²) in [5, 5.41) is 5.00. The monoisotopic (exact) mass is 288 g/mol. The first-order chi connectivity index (χ1) is 8.25. The standard InChI is InChI=1S/C13H9BrN2O/c14-8-5-6-10-12(7-8)16-17-13(10)9-3-1-2-4-11(9)15/h1-7H,15H2. The van der Waals surface area contributed by atoms with Crippen LogP contribution >= 0.6 is 15.9 Å². The van der Waals surface area contributed by atoms with Gasteiger partial charge in [0.15, 0.2) is 5.76 Å². The van der Waals surface area contributed by atoms with Gasteiger partial charge in [0.25, 0.3) is 0 Å². The second-order valence-corrected chi connectivity index (χ2v) is 4.68. The van der Waals surface area contributed by atoms with Gasteiger partial charge in [-0.15, -0.1) is 0 Å². The van der Waals surface area contributed by atoms with E-state index in [0.29, 0.717) is 11.4 Å². The van der Waals surface area contributed by atoms with E-state index < -0.39 is 0 Å². The van der Waals surface area contributed by atoms with Crippen molar-refractivity contribution in [3.63, 3.8) is 0 Å². The molecule has 3 aromatic rings. The van der Waals surface area contributed by atoms with Crippen LogP contribution in [-0.2, 0) is 0 Å². The maximum atomic E-state index is 5.94. The molecule has 0 bridgehead atoms. The lowest BCUT2D eigenvalue weighted by molar-refractivity contribution is 0.441. The normalized spacial score (nSPS) is 10.9. The van der Waals surface area contributed by atoms with Crippen molar-refractivity contribution in [2.45, 2.75) is 0 Å². The number of hydrogen-bond donors (Lipinski definition) is 1. The molecule has 0 aliphatic heterocycles. The number of nitrogens with zero attached hydrogens (tertiary/aromatic N) is 1. The van der Waals surface area contributed by atoms with Gasteiger partial charge in [-0.2, -0.15) is 0 Å². The molecule has 4 heteroatoms. The number of halogens is 1. The highest BCUT2D eigenvalue weighted by molar-refractivity contribution is 9.10. The molecule has 84 valence electrons. The van der Waals surface area contributed by atoms with E-state index in [1.165, 1.54) is 0 Å². The van der Waals surface area contributed by atoms with E-state index in [0.717, 1.165) is 20.9 Å². The number of nitrogens with two attached hydrogens (primary N) is 1. The van der Waals surface area contributed by atoms with Gasteiger partial charge in [-0.05, 0) is 30.3 Å². The Labute approximate surface area is 106 Å². The molecule has 0 aliphatic rings. The molecule has 1 aromatic heterocycles. The zero-order chi connectivity index (χ0) is 11.8. The molecule has 17 heavy (non-hydrogen) atoms. The highest BCUT2D eigenvalue weighted by atomic mass is 79.9. The maximum absolute atomic E-state index is 5.94. The van der Waals surface area contributed by atoms with Crippen molar-refractivity contribution in [1.29, 1.82) is 0 Å². The summed E-state index contributed by atoms with van der Waals surface area (Å²) in [5.74, 6) is 0.714. The Hall–Kier alpha value is -1.81. The van der Waals surface area contributed by atoms with Crippen molar-refractivity contribution >= 4 is 32.5 Å². The molecule has 0 atom stereocenters. The lowest BCUT2D eigenvalue weighted by Gasteiger charge is -2.00. The third-order valence-corrected chi connectivity index (χ3v) is 3.14. The summed E-state index contributed by atoms with van der Waals surface area (Å²) in [5.41, 5.74) is 8.31. The third kappa shape index (κ3) is 1.70. The smallest absolute Gasteiger partial charge is 0.176 e. The molecule has 0 amide bonds. The van der Waals surface area contributed by atoms with E-state index in [1.807, 2.05) is 42.5 Å². The molecular formula is C13H9BrN2O. The minimum absolute atomic E-state index is 0.688. The van der Waals surface area contributed by atoms with Crippen LogP contribution in [-0.4, -0.2) is 5.16 Å². The third-order valence-electron chi connectivity index (χ3n) is 2.65. The number of hydrogen-bond acceptors (Lipinski definition) is 3. The Morgan fingerprint density at radius 3 is 2.76 bits per heavy atom. The molecule has 1 heterocycles. The van der Waals surface area contributed by atoms with Crippen molar-refractivity contribution in [3.05, 3.63) is 46.9 Å². The summed E-state index contributed by atoms with van der Waals surface area (Å²) in [7, 11) is 0. The first kappa shape index (κ1) is 10.4. The predicted molar refractivity (Wildman–Crippen MR) is 71.6 cm³/mol. The van der Waals surface area contributed by atoms with Crippen LogP contribution in [0.25, 0.3) is 22.2 Å². The van der Waals surface area contributed by atoms with Crippen molar-refractivity contribution in [3.8, 4) is 11.3 Å². The van der Waals surface area contributed by atoms with Gasteiger partial charge in [0.2, 0.25) is 0 Å². The molecule has 3 nitrogen and oxygen atoms in total. The molecule has 0 radical (unpaired) electrons. The molecule has 0 saturated carbocycles. The zero-order valence-corrected chi connectivity index (χ0v) is 10.4. The lowest BCUT2D eigenvalue weighted by Crippen LogP contribution is -1.88. The van der Waals surface area contributed by atoms with E-state index in [9.17, 15) is 0 Å². The van der Waals surface area contributed by atoms with Crippen molar-refractivity contribution in [2.24, 2.45) is 0 Å². The molecule has 0 aliphatic carbocycles. The summed E-state index contributed by atoms with van der Waals surface area (Å²) in [4.78, 5) is 0. The van der Waals surface area contributed by atoms with Gasteiger partial charge in [0.1, 0.15) is 5.52 Å². The molecule has 2 aromatic carbocycles. The topological polar surface area (TPSA) is 52.0 Å². The Morgan fingerprint density at radius 1 is 1.12 bits per heavy atom. The minimum atomic E-state index is 0.688. The summed E-state index contributed by atoms with van der Waals surface area (Å²) < 4.78 is 6.36. The van der Waals surface area contributed by atoms with Gasteiger partial charge in [-0.3, -0.25) is 0 Å². The van der Waals surface area contributed by atoms with E-state index in [-0.39, 0.29) is 0 Å². The van der Waals surface area contributed by atoms with Gasteiger partial charge in [0, 0.05) is 21.1 Å². The van der Waals surface area contributed by atoms with Crippen LogP contribution in [0.4, 0.5) is 5.69 Å². The highest BCUT2D eigenvalue weighted by Gasteiger charge is 2.12. The fourth-order valence-corrected chi connectivity index (χ4v) is 2.16. The van der Waals surface area contributed by atoms with Gasteiger partial charge in [-0.1, -0.05) is 33.2 Å². The molecule has 0 saturated heterocycles. The number of anilines is 1. The summed E-state index contributed by atoms with van der Waals surface area (Å²) in [6.45, 7) is 0.